The van der Waals surface area contributed by atoms with Gasteiger partial charge in [-0.25, -0.2) is 8.42 Å². The smallest absolute Gasteiger partial charge is 0.218 e. The molecule has 1 aromatic rings. The zero-order valence-corrected chi connectivity index (χ0v) is 12.7. The van der Waals surface area contributed by atoms with Gasteiger partial charge in [0.1, 0.15) is 0 Å². The highest BCUT2D eigenvalue weighted by molar-refractivity contribution is 7.89. The third kappa shape index (κ3) is 2.62. The van der Waals surface area contributed by atoms with Gasteiger partial charge >= 0.3 is 0 Å². The molecular formula is C15H22N2O2S. The molecule has 1 atom stereocenters. The minimum atomic E-state index is -3.17. The monoisotopic (exact) mass is 294 g/mol. The summed E-state index contributed by atoms with van der Waals surface area (Å²) in [5.41, 5.74) is 3.66. The van der Waals surface area contributed by atoms with Gasteiger partial charge in [0.05, 0.1) is 5.25 Å². The lowest BCUT2D eigenvalue weighted by atomic mass is 9.99. The molecule has 0 amide bonds. The molecule has 1 fully saturated rings. The molecule has 2 heterocycles. The van der Waals surface area contributed by atoms with Crippen molar-refractivity contribution in [2.75, 3.05) is 19.6 Å². The van der Waals surface area contributed by atoms with Gasteiger partial charge in [-0.2, -0.15) is 4.31 Å². The summed E-state index contributed by atoms with van der Waals surface area (Å²) in [6, 6.07) is 6.36. The molecule has 4 nitrogen and oxygen atoms in total. The van der Waals surface area contributed by atoms with Gasteiger partial charge in [0.2, 0.25) is 10.0 Å². The van der Waals surface area contributed by atoms with Crippen LogP contribution < -0.4 is 5.32 Å². The first-order valence-electron chi connectivity index (χ1n) is 7.35. The number of fused-ring (bicyclic) bond motifs is 1. The molecule has 1 aromatic carbocycles. The van der Waals surface area contributed by atoms with Crippen LogP contribution in [0.25, 0.3) is 0 Å². The third-order valence-corrected chi connectivity index (χ3v) is 6.65. The van der Waals surface area contributed by atoms with Crippen LogP contribution in [0.1, 0.15) is 29.5 Å². The fourth-order valence-corrected chi connectivity index (χ4v) is 5.04. The Kier molecular flexibility index (Phi) is 3.84. The van der Waals surface area contributed by atoms with E-state index < -0.39 is 10.0 Å². The lowest BCUT2D eigenvalue weighted by molar-refractivity contribution is 0.374. The number of rotatable bonds is 2. The standard InChI is InChI=1S/C15H22N2O2S/c1-12-4-5-13-6-8-17(11-14(13)9-12)20(18,19)15-3-2-7-16-10-15/h4-5,9,15-16H,2-3,6-8,10-11H2,1H3. The lowest BCUT2D eigenvalue weighted by Crippen LogP contribution is -2.47. The highest BCUT2D eigenvalue weighted by Gasteiger charge is 2.34. The number of aryl methyl sites for hydroxylation is 1. The zero-order valence-electron chi connectivity index (χ0n) is 11.9. The first kappa shape index (κ1) is 14.0. The van der Waals surface area contributed by atoms with Crippen LogP contribution in [0.5, 0.6) is 0 Å². The maximum atomic E-state index is 12.7. The second kappa shape index (κ2) is 5.47. The van der Waals surface area contributed by atoms with E-state index >= 15 is 0 Å². The highest BCUT2D eigenvalue weighted by atomic mass is 32.2. The Morgan fingerprint density at radius 3 is 2.90 bits per heavy atom. The van der Waals surface area contributed by atoms with E-state index in [0.29, 0.717) is 19.6 Å². The van der Waals surface area contributed by atoms with Crippen molar-refractivity contribution < 1.29 is 8.42 Å². The van der Waals surface area contributed by atoms with Crippen molar-refractivity contribution in [2.45, 2.75) is 38.0 Å². The predicted molar refractivity (Wildman–Crippen MR) is 80.1 cm³/mol. The van der Waals surface area contributed by atoms with E-state index in [1.54, 1.807) is 4.31 Å². The van der Waals surface area contributed by atoms with E-state index in [1.807, 2.05) is 0 Å². The van der Waals surface area contributed by atoms with E-state index in [9.17, 15) is 8.42 Å². The molecule has 5 heteroatoms. The molecule has 0 bridgehead atoms. The number of hydrogen-bond acceptors (Lipinski definition) is 3. The topological polar surface area (TPSA) is 49.4 Å². The largest absolute Gasteiger partial charge is 0.315 e. The summed E-state index contributed by atoms with van der Waals surface area (Å²) < 4.78 is 27.1. The van der Waals surface area contributed by atoms with Gasteiger partial charge in [-0.1, -0.05) is 23.8 Å². The molecule has 0 aromatic heterocycles. The van der Waals surface area contributed by atoms with Crippen molar-refractivity contribution >= 4 is 10.0 Å². The molecule has 2 aliphatic rings. The Labute approximate surface area is 121 Å². The summed E-state index contributed by atoms with van der Waals surface area (Å²) in [5.74, 6) is 0. The second-order valence-corrected chi connectivity index (χ2v) is 8.08. The zero-order chi connectivity index (χ0) is 14.2. The minimum absolute atomic E-state index is 0.248. The molecule has 0 radical (unpaired) electrons. The van der Waals surface area contributed by atoms with E-state index in [2.05, 4.69) is 30.4 Å². The van der Waals surface area contributed by atoms with Crippen LogP contribution in [0.2, 0.25) is 0 Å². The number of hydrogen-bond donors (Lipinski definition) is 1. The molecule has 0 spiro atoms. The van der Waals surface area contributed by atoms with Crippen LogP contribution in [-0.2, 0) is 23.0 Å². The van der Waals surface area contributed by atoms with Crippen molar-refractivity contribution in [1.29, 1.82) is 0 Å². The molecular weight excluding hydrogens is 272 g/mol. The Morgan fingerprint density at radius 1 is 1.30 bits per heavy atom. The van der Waals surface area contributed by atoms with Crippen molar-refractivity contribution in [2.24, 2.45) is 0 Å². The number of nitrogens with one attached hydrogen (secondary N) is 1. The highest BCUT2D eigenvalue weighted by Crippen LogP contribution is 2.25. The Morgan fingerprint density at radius 2 is 2.15 bits per heavy atom. The maximum absolute atomic E-state index is 12.7. The number of sulfonamides is 1. The van der Waals surface area contributed by atoms with E-state index in [0.717, 1.165) is 25.8 Å². The lowest BCUT2D eigenvalue weighted by Gasteiger charge is -2.33. The average molecular weight is 294 g/mol. The molecule has 0 saturated carbocycles. The molecule has 20 heavy (non-hydrogen) atoms. The summed E-state index contributed by atoms with van der Waals surface area (Å²) in [6.07, 6.45) is 2.56. The van der Waals surface area contributed by atoms with Crippen molar-refractivity contribution in [3.8, 4) is 0 Å². The van der Waals surface area contributed by atoms with Gasteiger partial charge in [-0.05, 0) is 43.9 Å². The molecule has 1 unspecified atom stereocenters. The Bertz CT molecular complexity index is 592. The first-order valence-corrected chi connectivity index (χ1v) is 8.86. The molecule has 1 N–H and O–H groups in total. The van der Waals surface area contributed by atoms with Gasteiger partial charge in [-0.15, -0.1) is 0 Å². The third-order valence-electron chi connectivity index (χ3n) is 4.37. The quantitative estimate of drug-likeness (QED) is 0.898. The van der Waals surface area contributed by atoms with Crippen LogP contribution in [0.4, 0.5) is 0 Å². The molecule has 3 rings (SSSR count). The van der Waals surface area contributed by atoms with Crippen LogP contribution in [0.15, 0.2) is 18.2 Å². The van der Waals surface area contributed by atoms with Gasteiger partial charge in [-0.3, -0.25) is 0 Å². The van der Waals surface area contributed by atoms with E-state index in [4.69, 9.17) is 0 Å². The molecule has 1 saturated heterocycles. The first-order chi connectivity index (χ1) is 9.57. The van der Waals surface area contributed by atoms with Crippen molar-refractivity contribution in [1.82, 2.24) is 9.62 Å². The number of piperidine rings is 1. The Balaban J connectivity index is 1.82. The minimum Gasteiger partial charge on any atom is -0.315 e. The summed E-state index contributed by atoms with van der Waals surface area (Å²) in [6.45, 7) is 4.75. The fraction of sp³-hybridized carbons (Fsp3) is 0.600. The average Bonchev–Trinajstić information content (AvgIpc) is 2.47. The molecule has 2 aliphatic heterocycles. The van der Waals surface area contributed by atoms with Crippen LogP contribution >= 0.6 is 0 Å². The van der Waals surface area contributed by atoms with Crippen LogP contribution in [-0.4, -0.2) is 37.6 Å². The summed E-state index contributed by atoms with van der Waals surface area (Å²) in [5, 5.41) is 2.95. The van der Waals surface area contributed by atoms with Crippen molar-refractivity contribution in [3.63, 3.8) is 0 Å². The number of benzene rings is 1. The van der Waals surface area contributed by atoms with Crippen LogP contribution in [0, 0.1) is 6.92 Å². The fourth-order valence-electron chi connectivity index (χ4n) is 3.16. The van der Waals surface area contributed by atoms with Crippen LogP contribution in [0.3, 0.4) is 0 Å². The van der Waals surface area contributed by atoms with Gasteiger partial charge < -0.3 is 5.32 Å². The summed E-state index contributed by atoms with van der Waals surface area (Å²) in [4.78, 5) is 0. The normalized spacial score (nSPS) is 24.4. The molecule has 110 valence electrons. The molecule has 0 aliphatic carbocycles. The van der Waals surface area contributed by atoms with E-state index in [1.165, 1.54) is 16.7 Å². The van der Waals surface area contributed by atoms with E-state index in [-0.39, 0.29) is 5.25 Å². The SMILES string of the molecule is Cc1ccc2c(c1)CN(S(=O)(=O)C1CCCNC1)CC2. The van der Waals surface area contributed by atoms with Crippen molar-refractivity contribution in [3.05, 3.63) is 34.9 Å². The van der Waals surface area contributed by atoms with Gasteiger partial charge in [0, 0.05) is 19.6 Å². The number of nitrogens with zero attached hydrogens (tertiary/aromatic N) is 1. The Hall–Kier alpha value is -0.910. The second-order valence-electron chi connectivity index (χ2n) is 5.87. The summed E-state index contributed by atoms with van der Waals surface area (Å²) in [7, 11) is -3.17. The maximum Gasteiger partial charge on any atom is 0.218 e. The predicted octanol–water partition coefficient (Wildman–Crippen LogP) is 1.43. The van der Waals surface area contributed by atoms with Gasteiger partial charge in [0.15, 0.2) is 0 Å². The summed E-state index contributed by atoms with van der Waals surface area (Å²) >= 11 is 0. The van der Waals surface area contributed by atoms with Gasteiger partial charge in [0.25, 0.3) is 0 Å².